The van der Waals surface area contributed by atoms with E-state index in [2.05, 4.69) is 0 Å². The summed E-state index contributed by atoms with van der Waals surface area (Å²) in [5.41, 5.74) is 8.66. The van der Waals surface area contributed by atoms with Gasteiger partial charge in [0, 0.05) is 6.54 Å². The highest BCUT2D eigenvalue weighted by atomic mass is 19.1. The lowest BCUT2D eigenvalue weighted by molar-refractivity contribution is 0.441. The zero-order chi connectivity index (χ0) is 13.1. The summed E-state index contributed by atoms with van der Waals surface area (Å²) < 4.78 is 19.1. The first kappa shape index (κ1) is 12.6. The van der Waals surface area contributed by atoms with Gasteiger partial charge >= 0.3 is 0 Å². The third-order valence-corrected chi connectivity index (χ3v) is 2.85. The fourth-order valence-corrected chi connectivity index (χ4v) is 1.78. The maximum Gasteiger partial charge on any atom is 0.165 e. The molecule has 0 heterocycles. The monoisotopic (exact) mass is 245 g/mol. The van der Waals surface area contributed by atoms with Crippen LogP contribution in [0.15, 0.2) is 36.4 Å². The Bertz CT molecular complexity index is 566. The standard InChI is InChI=1S/C15H16FNO/c1-10-3-6-14(16)15(7-10)18-13-5-4-12(9-17)11(2)8-13/h3-8H,9,17H2,1-2H3. The number of benzene rings is 2. The van der Waals surface area contributed by atoms with Crippen molar-refractivity contribution in [2.75, 3.05) is 0 Å². The van der Waals surface area contributed by atoms with Crippen LogP contribution in [-0.4, -0.2) is 0 Å². The molecule has 2 nitrogen and oxygen atoms in total. The van der Waals surface area contributed by atoms with Gasteiger partial charge in [-0.2, -0.15) is 0 Å². The van der Waals surface area contributed by atoms with Crippen LogP contribution in [0.25, 0.3) is 0 Å². The molecule has 18 heavy (non-hydrogen) atoms. The molecule has 0 aliphatic rings. The van der Waals surface area contributed by atoms with Gasteiger partial charge in [0.2, 0.25) is 0 Å². The minimum absolute atomic E-state index is 0.245. The van der Waals surface area contributed by atoms with Crippen LogP contribution in [0.4, 0.5) is 4.39 Å². The normalized spacial score (nSPS) is 10.4. The van der Waals surface area contributed by atoms with Crippen molar-refractivity contribution in [3.63, 3.8) is 0 Å². The van der Waals surface area contributed by atoms with E-state index in [1.54, 1.807) is 18.2 Å². The number of rotatable bonds is 3. The Labute approximate surface area is 106 Å². The molecule has 0 atom stereocenters. The highest BCUT2D eigenvalue weighted by Crippen LogP contribution is 2.26. The van der Waals surface area contributed by atoms with Crippen LogP contribution in [0, 0.1) is 19.7 Å². The lowest BCUT2D eigenvalue weighted by Gasteiger charge is -2.10. The van der Waals surface area contributed by atoms with E-state index in [-0.39, 0.29) is 11.6 Å². The van der Waals surface area contributed by atoms with Crippen LogP contribution in [0.5, 0.6) is 11.5 Å². The Morgan fingerprint density at radius 2 is 1.89 bits per heavy atom. The van der Waals surface area contributed by atoms with Crippen molar-refractivity contribution < 1.29 is 9.13 Å². The molecule has 0 saturated carbocycles. The molecular weight excluding hydrogens is 229 g/mol. The summed E-state index contributed by atoms with van der Waals surface area (Å²) in [6, 6.07) is 10.4. The van der Waals surface area contributed by atoms with E-state index in [0.29, 0.717) is 12.3 Å². The van der Waals surface area contributed by atoms with Crippen LogP contribution in [0.2, 0.25) is 0 Å². The van der Waals surface area contributed by atoms with Gasteiger partial charge in [0.05, 0.1) is 0 Å². The molecule has 0 spiro atoms. The molecular formula is C15H16FNO. The smallest absolute Gasteiger partial charge is 0.165 e. The largest absolute Gasteiger partial charge is 0.454 e. The van der Waals surface area contributed by atoms with Crippen molar-refractivity contribution in [3.8, 4) is 11.5 Å². The Morgan fingerprint density at radius 1 is 1.11 bits per heavy atom. The summed E-state index contributed by atoms with van der Waals surface area (Å²) in [6.45, 7) is 4.35. The van der Waals surface area contributed by atoms with Crippen LogP contribution < -0.4 is 10.5 Å². The van der Waals surface area contributed by atoms with Crippen molar-refractivity contribution in [2.45, 2.75) is 20.4 Å². The molecule has 0 saturated heterocycles. The van der Waals surface area contributed by atoms with E-state index in [1.807, 2.05) is 26.0 Å². The molecule has 0 bridgehead atoms. The molecule has 3 heteroatoms. The summed E-state index contributed by atoms with van der Waals surface area (Å²) in [7, 11) is 0. The van der Waals surface area contributed by atoms with Gasteiger partial charge in [0.25, 0.3) is 0 Å². The molecule has 2 rings (SSSR count). The second kappa shape index (κ2) is 5.19. The van der Waals surface area contributed by atoms with Gasteiger partial charge in [0.15, 0.2) is 11.6 Å². The maximum absolute atomic E-state index is 13.6. The van der Waals surface area contributed by atoms with Crippen molar-refractivity contribution in [1.82, 2.24) is 0 Å². The summed E-state index contributed by atoms with van der Waals surface area (Å²) in [4.78, 5) is 0. The Morgan fingerprint density at radius 3 is 2.56 bits per heavy atom. The quantitative estimate of drug-likeness (QED) is 0.895. The zero-order valence-electron chi connectivity index (χ0n) is 10.5. The molecule has 0 unspecified atom stereocenters. The molecule has 0 aliphatic heterocycles. The van der Waals surface area contributed by atoms with Gasteiger partial charge in [-0.25, -0.2) is 4.39 Å². The molecule has 2 aromatic carbocycles. The Balaban J connectivity index is 2.28. The predicted octanol–water partition coefficient (Wildman–Crippen LogP) is 3.69. The third-order valence-electron chi connectivity index (χ3n) is 2.85. The van der Waals surface area contributed by atoms with Gasteiger partial charge in [0.1, 0.15) is 5.75 Å². The fraction of sp³-hybridized carbons (Fsp3) is 0.200. The second-order valence-electron chi connectivity index (χ2n) is 4.33. The van der Waals surface area contributed by atoms with Crippen LogP contribution in [0.3, 0.4) is 0 Å². The van der Waals surface area contributed by atoms with E-state index in [1.165, 1.54) is 6.07 Å². The molecule has 0 aliphatic carbocycles. The van der Waals surface area contributed by atoms with Crippen molar-refractivity contribution in [2.24, 2.45) is 5.73 Å². The molecule has 0 aromatic heterocycles. The highest BCUT2D eigenvalue weighted by molar-refractivity contribution is 5.39. The van der Waals surface area contributed by atoms with Gasteiger partial charge < -0.3 is 10.5 Å². The van der Waals surface area contributed by atoms with Crippen LogP contribution in [-0.2, 0) is 6.54 Å². The Kier molecular flexibility index (Phi) is 3.63. The number of aryl methyl sites for hydroxylation is 2. The average Bonchev–Trinajstić information content (AvgIpc) is 2.34. The van der Waals surface area contributed by atoms with Crippen LogP contribution in [0.1, 0.15) is 16.7 Å². The van der Waals surface area contributed by atoms with E-state index in [4.69, 9.17) is 10.5 Å². The van der Waals surface area contributed by atoms with Crippen molar-refractivity contribution in [1.29, 1.82) is 0 Å². The fourth-order valence-electron chi connectivity index (χ4n) is 1.78. The van der Waals surface area contributed by atoms with Gasteiger partial charge in [-0.15, -0.1) is 0 Å². The molecule has 0 fully saturated rings. The minimum atomic E-state index is -0.360. The lowest BCUT2D eigenvalue weighted by atomic mass is 10.1. The zero-order valence-corrected chi connectivity index (χ0v) is 10.5. The number of halogens is 1. The average molecular weight is 245 g/mol. The van der Waals surface area contributed by atoms with E-state index in [9.17, 15) is 4.39 Å². The molecule has 0 radical (unpaired) electrons. The minimum Gasteiger partial charge on any atom is -0.454 e. The first-order valence-corrected chi connectivity index (χ1v) is 5.84. The maximum atomic E-state index is 13.6. The summed E-state index contributed by atoms with van der Waals surface area (Å²) >= 11 is 0. The number of nitrogens with two attached hydrogens (primary N) is 1. The first-order chi connectivity index (χ1) is 8.60. The second-order valence-corrected chi connectivity index (χ2v) is 4.33. The van der Waals surface area contributed by atoms with Gasteiger partial charge in [-0.3, -0.25) is 0 Å². The van der Waals surface area contributed by atoms with E-state index >= 15 is 0 Å². The first-order valence-electron chi connectivity index (χ1n) is 5.84. The number of hydrogen-bond acceptors (Lipinski definition) is 2. The summed E-state index contributed by atoms with van der Waals surface area (Å²) in [5.74, 6) is 0.505. The number of hydrogen-bond donors (Lipinski definition) is 1. The third kappa shape index (κ3) is 2.68. The number of ether oxygens (including phenoxy) is 1. The molecule has 2 aromatic rings. The molecule has 2 N–H and O–H groups in total. The molecule has 94 valence electrons. The van der Waals surface area contributed by atoms with Crippen molar-refractivity contribution in [3.05, 3.63) is 58.9 Å². The van der Waals surface area contributed by atoms with E-state index in [0.717, 1.165) is 16.7 Å². The van der Waals surface area contributed by atoms with Crippen molar-refractivity contribution >= 4 is 0 Å². The lowest BCUT2D eigenvalue weighted by Crippen LogP contribution is -1.99. The van der Waals surface area contributed by atoms with Gasteiger partial charge in [-0.1, -0.05) is 12.1 Å². The van der Waals surface area contributed by atoms with E-state index < -0.39 is 0 Å². The van der Waals surface area contributed by atoms with Gasteiger partial charge in [-0.05, 0) is 54.8 Å². The SMILES string of the molecule is Cc1ccc(F)c(Oc2ccc(CN)c(C)c2)c1. The predicted molar refractivity (Wildman–Crippen MR) is 70.3 cm³/mol. The highest BCUT2D eigenvalue weighted by Gasteiger charge is 2.06. The summed E-state index contributed by atoms with van der Waals surface area (Å²) in [5, 5.41) is 0. The summed E-state index contributed by atoms with van der Waals surface area (Å²) in [6.07, 6.45) is 0. The topological polar surface area (TPSA) is 35.2 Å². The Hall–Kier alpha value is -1.87. The van der Waals surface area contributed by atoms with Crippen LogP contribution >= 0.6 is 0 Å². The molecule has 0 amide bonds.